The van der Waals surface area contributed by atoms with E-state index in [0.29, 0.717) is 0 Å². The fraction of sp³-hybridized carbons (Fsp3) is 0. The molecule has 0 fully saturated rings. The van der Waals surface area contributed by atoms with Crippen molar-refractivity contribution in [3.63, 3.8) is 0 Å². The normalized spacial score (nSPS) is 12.5. The lowest BCUT2D eigenvalue weighted by Gasteiger charge is -2.47. The predicted molar refractivity (Wildman–Crippen MR) is 463 cm³/mol. The van der Waals surface area contributed by atoms with Crippen LogP contribution in [0, 0.1) is 0 Å². The Morgan fingerprint density at radius 2 is 0.582 bits per heavy atom. The molecule has 0 bridgehead atoms. The number of benzene rings is 17. The molecule has 0 amide bonds. The molecule has 0 atom stereocenters. The monoisotopic (exact) mass is 1400 g/mol. The first kappa shape index (κ1) is 64.1. The molecule has 4 heterocycles. The van der Waals surface area contributed by atoms with Crippen molar-refractivity contribution in [2.24, 2.45) is 0 Å². The van der Waals surface area contributed by atoms with Gasteiger partial charge in [-0.15, -0.1) is 0 Å². The molecule has 4 aliphatic heterocycles. The standard InChI is InChI=1S/C102H69B2N5O/c1-9-36-70(37-10-1)80-52-25-30-59-89(80)105(75-46-19-6-20-47-75)78-64-95-100-96(65-78)109(102-83(73-42-15-4-16-43-73)55-35-56-84(102)74-44-17-5-18-45-74)94-69-93-87(68-88(94)103(100)85-57-28-33-62-92(85)108(95)91-61-32-27-54-82(91)72-40-13-3-14-41-72)104-86-58-29-34-63-98(86)110-99-67-79(66-97(101(99)104)107(93)77-50-23-8-24-51-77)106(76-48-21-7-22-49-76)90-60-31-26-53-81(90)71-38-11-2-12-39-71/h1-69H. The first-order valence-electron chi connectivity index (χ1n) is 37.9. The van der Waals surface area contributed by atoms with Crippen LogP contribution in [0.4, 0.5) is 85.3 Å². The summed E-state index contributed by atoms with van der Waals surface area (Å²) in [5.41, 5.74) is 33.8. The van der Waals surface area contributed by atoms with E-state index < -0.39 is 0 Å². The fourth-order valence-electron chi connectivity index (χ4n) is 17.8. The number of hydrogen-bond acceptors (Lipinski definition) is 6. The van der Waals surface area contributed by atoms with Crippen molar-refractivity contribution >= 4 is 132 Å². The summed E-state index contributed by atoms with van der Waals surface area (Å²) < 4.78 is 7.51. The van der Waals surface area contributed by atoms with Gasteiger partial charge in [-0.1, -0.05) is 322 Å². The third-order valence-corrected chi connectivity index (χ3v) is 22.4. The number of ether oxygens (including phenoxy) is 1. The Morgan fingerprint density at radius 3 is 1.12 bits per heavy atom. The van der Waals surface area contributed by atoms with E-state index in [4.69, 9.17) is 4.74 Å². The van der Waals surface area contributed by atoms with E-state index in [2.05, 4.69) is 443 Å². The molecule has 17 aromatic rings. The number of anilines is 15. The molecule has 21 rings (SSSR count). The summed E-state index contributed by atoms with van der Waals surface area (Å²) in [4.78, 5) is 12.7. The van der Waals surface area contributed by atoms with Gasteiger partial charge in [-0.2, -0.15) is 0 Å². The second kappa shape index (κ2) is 26.9. The summed E-state index contributed by atoms with van der Waals surface area (Å²) in [6.07, 6.45) is 0. The summed E-state index contributed by atoms with van der Waals surface area (Å²) in [6.45, 7) is -0.577. The molecule has 0 saturated carbocycles. The highest BCUT2D eigenvalue weighted by atomic mass is 16.5. The second-order valence-electron chi connectivity index (χ2n) is 28.6. The van der Waals surface area contributed by atoms with Crippen LogP contribution in [0.3, 0.4) is 0 Å². The molecule has 110 heavy (non-hydrogen) atoms. The highest BCUT2D eigenvalue weighted by Crippen LogP contribution is 2.56. The minimum atomic E-state index is -0.305. The lowest BCUT2D eigenvalue weighted by atomic mass is 9.30. The van der Waals surface area contributed by atoms with Crippen LogP contribution in [0.1, 0.15) is 0 Å². The van der Waals surface area contributed by atoms with Gasteiger partial charge in [0.05, 0.1) is 34.1 Å². The Balaban J connectivity index is 0.913. The number of para-hydroxylation sites is 9. The minimum Gasteiger partial charge on any atom is -0.458 e. The Hall–Kier alpha value is -14.3. The Labute approximate surface area is 642 Å². The van der Waals surface area contributed by atoms with Crippen LogP contribution in [-0.2, 0) is 0 Å². The Morgan fingerprint density at radius 1 is 0.209 bits per heavy atom. The summed E-state index contributed by atoms with van der Waals surface area (Å²) in [5.74, 6) is 1.64. The molecular formula is C102H69B2N5O. The highest BCUT2D eigenvalue weighted by Gasteiger charge is 2.49. The van der Waals surface area contributed by atoms with Gasteiger partial charge in [-0.3, -0.25) is 0 Å². The lowest BCUT2D eigenvalue weighted by Crippen LogP contribution is -2.64. The maximum atomic E-state index is 7.51. The molecule has 6 nitrogen and oxygen atoms in total. The summed E-state index contributed by atoms with van der Waals surface area (Å²) in [6, 6.07) is 154. The topological polar surface area (TPSA) is 25.4 Å². The molecule has 0 aliphatic carbocycles. The van der Waals surface area contributed by atoms with Crippen molar-refractivity contribution in [1.29, 1.82) is 0 Å². The molecule has 17 aromatic carbocycles. The molecule has 0 aromatic heterocycles. The van der Waals surface area contributed by atoms with Crippen LogP contribution in [0.5, 0.6) is 11.5 Å². The summed E-state index contributed by atoms with van der Waals surface area (Å²) in [5, 5.41) is 0. The maximum Gasteiger partial charge on any atom is 0.256 e. The van der Waals surface area contributed by atoms with E-state index in [1.165, 1.54) is 21.9 Å². The number of fused-ring (bicyclic) bond motifs is 8. The Bertz CT molecular complexity index is 6300. The van der Waals surface area contributed by atoms with Crippen LogP contribution in [0.15, 0.2) is 419 Å². The molecule has 0 saturated heterocycles. The fourth-order valence-corrected chi connectivity index (χ4v) is 17.8. The first-order valence-corrected chi connectivity index (χ1v) is 37.9. The van der Waals surface area contributed by atoms with E-state index in [1.807, 2.05) is 0 Å². The Kier molecular flexibility index (Phi) is 15.7. The van der Waals surface area contributed by atoms with Crippen LogP contribution in [0.2, 0.25) is 0 Å². The van der Waals surface area contributed by atoms with Crippen molar-refractivity contribution < 1.29 is 4.74 Å². The number of hydrogen-bond donors (Lipinski definition) is 0. The van der Waals surface area contributed by atoms with Crippen LogP contribution >= 0.6 is 0 Å². The predicted octanol–water partition coefficient (Wildman–Crippen LogP) is 23.4. The molecule has 8 heteroatoms. The lowest BCUT2D eigenvalue weighted by molar-refractivity contribution is 0.487. The summed E-state index contributed by atoms with van der Waals surface area (Å²) >= 11 is 0. The number of rotatable bonds is 14. The maximum absolute atomic E-state index is 7.51. The van der Waals surface area contributed by atoms with Gasteiger partial charge in [-0.25, -0.2) is 0 Å². The van der Waals surface area contributed by atoms with Crippen molar-refractivity contribution in [2.75, 3.05) is 24.5 Å². The van der Waals surface area contributed by atoms with Crippen LogP contribution in [0.25, 0.3) is 55.6 Å². The molecular weight excluding hydrogens is 1330 g/mol. The smallest absolute Gasteiger partial charge is 0.256 e. The van der Waals surface area contributed by atoms with Gasteiger partial charge < -0.3 is 29.2 Å². The van der Waals surface area contributed by atoms with Crippen LogP contribution < -0.4 is 62.0 Å². The van der Waals surface area contributed by atoms with E-state index in [0.717, 1.165) is 163 Å². The highest BCUT2D eigenvalue weighted by molar-refractivity contribution is 7.02. The summed E-state index contributed by atoms with van der Waals surface area (Å²) in [7, 11) is 0. The van der Waals surface area contributed by atoms with E-state index in [1.54, 1.807) is 0 Å². The van der Waals surface area contributed by atoms with Crippen molar-refractivity contribution in [1.82, 2.24) is 0 Å². The van der Waals surface area contributed by atoms with Crippen molar-refractivity contribution in [2.45, 2.75) is 0 Å². The number of nitrogens with zero attached hydrogens (tertiary/aromatic N) is 5. The average Bonchev–Trinajstić information content (AvgIpc) is 0.681. The van der Waals surface area contributed by atoms with E-state index in [9.17, 15) is 0 Å². The SMILES string of the molecule is c1ccc(-c2ccccc2N(c2ccccc2)c2cc3c4c(c2)N(c2ccccc2)c2cc5c(cc2B4c2ccccc2O3)B2c3ccccc3N(c3ccccc3-c3ccccc3)c3cc(N(c4ccccc4)c4ccccc4-c4ccccc4)cc(c32)N5c2c(-c3ccccc3)cccc2-c2ccccc2)cc1. The molecule has 4 aliphatic rings. The molecule has 0 N–H and O–H groups in total. The molecule has 0 radical (unpaired) electrons. The van der Waals surface area contributed by atoms with Crippen LogP contribution in [-0.4, -0.2) is 13.4 Å². The van der Waals surface area contributed by atoms with Gasteiger partial charge in [0.2, 0.25) is 0 Å². The van der Waals surface area contributed by atoms with E-state index >= 15 is 0 Å². The third kappa shape index (κ3) is 10.7. The average molecular weight is 1400 g/mol. The minimum absolute atomic E-state index is 0.272. The van der Waals surface area contributed by atoms with Gasteiger partial charge in [0.25, 0.3) is 13.4 Å². The van der Waals surface area contributed by atoms with Crippen molar-refractivity contribution in [3.05, 3.63) is 419 Å². The van der Waals surface area contributed by atoms with Gasteiger partial charge in [-0.05, 0) is 152 Å². The van der Waals surface area contributed by atoms with E-state index in [-0.39, 0.29) is 13.4 Å². The zero-order valence-electron chi connectivity index (χ0n) is 60.1. The van der Waals surface area contributed by atoms with Gasteiger partial charge >= 0.3 is 0 Å². The van der Waals surface area contributed by atoms with Gasteiger partial charge in [0, 0.05) is 85.1 Å². The van der Waals surface area contributed by atoms with Gasteiger partial charge in [0.1, 0.15) is 11.5 Å². The molecule has 0 unspecified atom stereocenters. The zero-order chi connectivity index (χ0) is 72.6. The van der Waals surface area contributed by atoms with Gasteiger partial charge in [0.15, 0.2) is 0 Å². The second-order valence-corrected chi connectivity index (χ2v) is 28.6. The quantitative estimate of drug-likeness (QED) is 0.101. The molecule has 0 spiro atoms. The van der Waals surface area contributed by atoms with Crippen molar-refractivity contribution in [3.8, 4) is 67.1 Å². The largest absolute Gasteiger partial charge is 0.458 e. The third-order valence-electron chi connectivity index (χ3n) is 22.4. The zero-order valence-corrected chi connectivity index (χ0v) is 60.1. The first-order chi connectivity index (χ1) is 54.6. The molecule has 514 valence electrons.